The van der Waals surface area contributed by atoms with Crippen molar-refractivity contribution in [2.75, 3.05) is 23.9 Å². The van der Waals surface area contributed by atoms with Gasteiger partial charge in [-0.15, -0.1) is 0 Å². The lowest BCUT2D eigenvalue weighted by atomic mass is 10.0. The third-order valence-corrected chi connectivity index (χ3v) is 6.10. The fourth-order valence-electron chi connectivity index (χ4n) is 4.11. The first-order valence-electron chi connectivity index (χ1n) is 10.6. The van der Waals surface area contributed by atoms with Gasteiger partial charge in [0.05, 0.1) is 11.7 Å². The van der Waals surface area contributed by atoms with Crippen LogP contribution in [0.3, 0.4) is 0 Å². The van der Waals surface area contributed by atoms with Crippen LogP contribution in [0.4, 0.5) is 15.8 Å². The first-order valence-corrected chi connectivity index (χ1v) is 11.1. The van der Waals surface area contributed by atoms with Crippen molar-refractivity contribution in [3.8, 4) is 11.3 Å². The first kappa shape index (κ1) is 21.2. The summed E-state index contributed by atoms with van der Waals surface area (Å²) in [6.07, 6.45) is 1.78. The Hall–Kier alpha value is -3.71. The number of aromatic nitrogens is 1. The second-order valence-electron chi connectivity index (χ2n) is 8.12. The summed E-state index contributed by atoms with van der Waals surface area (Å²) < 4.78 is 19.7. The van der Waals surface area contributed by atoms with Crippen LogP contribution in [0.1, 0.15) is 23.5 Å². The van der Waals surface area contributed by atoms with E-state index in [0.717, 1.165) is 28.4 Å². The van der Waals surface area contributed by atoms with Gasteiger partial charge in [-0.3, -0.25) is 4.98 Å². The quantitative estimate of drug-likeness (QED) is 0.386. The van der Waals surface area contributed by atoms with Crippen molar-refractivity contribution in [2.45, 2.75) is 12.1 Å². The number of benzene rings is 2. The van der Waals surface area contributed by atoms with Crippen molar-refractivity contribution in [3.63, 3.8) is 0 Å². The molecule has 5 rings (SSSR count). The minimum Gasteiger partial charge on any atom is -0.459 e. The molecule has 1 fully saturated rings. The minimum absolute atomic E-state index is 0.195. The maximum atomic E-state index is 13.4. The van der Waals surface area contributed by atoms with Crippen molar-refractivity contribution in [1.82, 2.24) is 10.3 Å². The zero-order valence-electron chi connectivity index (χ0n) is 18.3. The van der Waals surface area contributed by atoms with Crippen molar-refractivity contribution >= 4 is 28.7 Å². The molecule has 1 aliphatic rings. The Kier molecular flexibility index (Phi) is 5.56. The molecule has 2 aromatic carbocycles. The molecular formula is C26H23FN4OS. The fraction of sp³-hybridized carbons (Fsp3) is 0.154. The van der Waals surface area contributed by atoms with E-state index in [0.29, 0.717) is 10.9 Å². The molecule has 0 spiro atoms. The summed E-state index contributed by atoms with van der Waals surface area (Å²) in [5.41, 5.74) is 3.75. The Bertz CT molecular complexity index is 1260. The number of anilines is 2. The summed E-state index contributed by atoms with van der Waals surface area (Å²) in [6.45, 7) is 0. The van der Waals surface area contributed by atoms with Crippen LogP contribution in [0.5, 0.6) is 0 Å². The lowest BCUT2D eigenvalue weighted by Crippen LogP contribution is -2.29. The van der Waals surface area contributed by atoms with E-state index < -0.39 is 0 Å². The Morgan fingerprint density at radius 2 is 1.73 bits per heavy atom. The molecule has 33 heavy (non-hydrogen) atoms. The van der Waals surface area contributed by atoms with Gasteiger partial charge in [0.25, 0.3) is 0 Å². The highest BCUT2D eigenvalue weighted by Crippen LogP contribution is 2.43. The molecule has 0 aliphatic carbocycles. The van der Waals surface area contributed by atoms with Crippen molar-refractivity contribution < 1.29 is 8.81 Å². The molecule has 1 saturated heterocycles. The lowest BCUT2D eigenvalue weighted by molar-refractivity contribution is 0.439. The molecule has 166 valence electrons. The van der Waals surface area contributed by atoms with E-state index in [1.807, 2.05) is 44.4 Å². The number of furan rings is 1. The third-order valence-electron chi connectivity index (χ3n) is 5.79. The van der Waals surface area contributed by atoms with Crippen LogP contribution in [-0.4, -0.2) is 24.2 Å². The molecular weight excluding hydrogens is 435 g/mol. The number of thiocarbonyl (C=S) groups is 1. The highest BCUT2D eigenvalue weighted by Gasteiger charge is 2.42. The van der Waals surface area contributed by atoms with Gasteiger partial charge in [-0.2, -0.15) is 0 Å². The standard InChI is InChI=1S/C26H23FN4OS/c1-30(2)19-10-12-20(13-11-19)31-25(24(29-26(31)33)21-5-3-4-16-28-21)23-15-14-22(32-23)17-6-8-18(27)9-7-17/h3-16,24-25H,1-2H3,(H,29,33)/t24-,25+/m0/s1. The summed E-state index contributed by atoms with van der Waals surface area (Å²) in [5, 5.41) is 4.04. The fourth-order valence-corrected chi connectivity index (χ4v) is 4.46. The van der Waals surface area contributed by atoms with Crippen molar-refractivity contribution in [3.05, 3.63) is 102 Å². The predicted octanol–water partition coefficient (Wildman–Crippen LogP) is 5.72. The van der Waals surface area contributed by atoms with E-state index >= 15 is 0 Å². The van der Waals surface area contributed by atoms with Gasteiger partial charge in [-0.05, 0) is 85.0 Å². The molecule has 0 unspecified atom stereocenters. The van der Waals surface area contributed by atoms with E-state index in [2.05, 4.69) is 44.4 Å². The second-order valence-corrected chi connectivity index (χ2v) is 8.50. The molecule has 1 N–H and O–H groups in total. The van der Waals surface area contributed by atoms with Gasteiger partial charge in [0.15, 0.2) is 5.11 Å². The number of hydrogen-bond acceptors (Lipinski definition) is 4. The highest BCUT2D eigenvalue weighted by molar-refractivity contribution is 7.80. The number of nitrogens with zero attached hydrogens (tertiary/aromatic N) is 3. The summed E-state index contributed by atoms with van der Waals surface area (Å²) in [7, 11) is 4.02. The van der Waals surface area contributed by atoms with E-state index in [4.69, 9.17) is 16.6 Å². The average Bonchev–Trinajstić information content (AvgIpc) is 3.45. The molecule has 3 heterocycles. The molecule has 2 aromatic heterocycles. The van der Waals surface area contributed by atoms with Crippen LogP contribution in [0.2, 0.25) is 0 Å². The minimum atomic E-state index is -0.279. The SMILES string of the molecule is CN(C)c1ccc(N2C(=S)N[C@@H](c3ccccn3)[C@H]2c2ccc(-c3ccc(F)cc3)o2)cc1. The van der Waals surface area contributed by atoms with Crippen LogP contribution in [0.25, 0.3) is 11.3 Å². The zero-order valence-corrected chi connectivity index (χ0v) is 19.1. The molecule has 0 saturated carbocycles. The summed E-state index contributed by atoms with van der Waals surface area (Å²) in [5.74, 6) is 1.14. The number of hydrogen-bond donors (Lipinski definition) is 1. The second kappa shape index (κ2) is 8.67. The number of pyridine rings is 1. The summed E-state index contributed by atoms with van der Waals surface area (Å²) >= 11 is 5.77. The maximum absolute atomic E-state index is 13.4. The van der Waals surface area contributed by atoms with Gasteiger partial charge >= 0.3 is 0 Å². The zero-order chi connectivity index (χ0) is 22.9. The Morgan fingerprint density at radius 3 is 2.39 bits per heavy atom. The average molecular weight is 459 g/mol. The monoisotopic (exact) mass is 458 g/mol. The van der Waals surface area contributed by atoms with Gasteiger partial charge in [0, 0.05) is 37.2 Å². The van der Waals surface area contributed by atoms with E-state index in [-0.39, 0.29) is 17.9 Å². The summed E-state index contributed by atoms with van der Waals surface area (Å²) in [6, 6.07) is 23.8. The van der Waals surface area contributed by atoms with Crippen LogP contribution < -0.4 is 15.1 Å². The van der Waals surface area contributed by atoms with E-state index in [9.17, 15) is 4.39 Å². The maximum Gasteiger partial charge on any atom is 0.174 e. The molecule has 4 aromatic rings. The van der Waals surface area contributed by atoms with Gasteiger partial charge in [0.2, 0.25) is 0 Å². The van der Waals surface area contributed by atoms with Gasteiger partial charge in [0.1, 0.15) is 23.4 Å². The number of nitrogens with one attached hydrogen (secondary N) is 1. The molecule has 1 aliphatic heterocycles. The van der Waals surface area contributed by atoms with E-state index in [1.54, 1.807) is 18.3 Å². The molecule has 2 atom stereocenters. The van der Waals surface area contributed by atoms with Crippen molar-refractivity contribution in [1.29, 1.82) is 0 Å². The molecule has 5 nitrogen and oxygen atoms in total. The van der Waals surface area contributed by atoms with Crippen LogP contribution in [0.15, 0.2) is 89.5 Å². The normalized spacial score (nSPS) is 17.8. The first-order chi connectivity index (χ1) is 16.0. The largest absolute Gasteiger partial charge is 0.459 e. The lowest BCUT2D eigenvalue weighted by Gasteiger charge is -2.26. The highest BCUT2D eigenvalue weighted by atomic mass is 32.1. The molecule has 0 amide bonds. The van der Waals surface area contributed by atoms with Gasteiger partial charge in [-0.25, -0.2) is 4.39 Å². The van der Waals surface area contributed by atoms with Crippen LogP contribution in [0, 0.1) is 5.82 Å². The number of rotatable bonds is 5. The van der Waals surface area contributed by atoms with Crippen molar-refractivity contribution in [2.24, 2.45) is 0 Å². The Balaban J connectivity index is 1.57. The Labute approximate surface area is 197 Å². The van der Waals surface area contributed by atoms with Crippen LogP contribution >= 0.6 is 12.2 Å². The number of halogens is 1. The smallest absolute Gasteiger partial charge is 0.174 e. The molecule has 0 bridgehead atoms. The molecule has 0 radical (unpaired) electrons. The van der Waals surface area contributed by atoms with Crippen LogP contribution in [-0.2, 0) is 0 Å². The topological polar surface area (TPSA) is 44.5 Å². The van der Waals surface area contributed by atoms with Gasteiger partial charge < -0.3 is 19.5 Å². The van der Waals surface area contributed by atoms with Gasteiger partial charge in [-0.1, -0.05) is 6.07 Å². The molecule has 7 heteroatoms. The Morgan fingerprint density at radius 1 is 0.970 bits per heavy atom. The third kappa shape index (κ3) is 4.07. The van der Waals surface area contributed by atoms with E-state index in [1.165, 1.54) is 12.1 Å². The predicted molar refractivity (Wildman–Crippen MR) is 133 cm³/mol. The summed E-state index contributed by atoms with van der Waals surface area (Å²) in [4.78, 5) is 8.70.